The van der Waals surface area contributed by atoms with Gasteiger partial charge in [0.1, 0.15) is 0 Å². The summed E-state index contributed by atoms with van der Waals surface area (Å²) in [4.78, 5) is 43.4. The zero-order chi connectivity index (χ0) is 21.3. The van der Waals surface area contributed by atoms with Gasteiger partial charge >= 0.3 is 0 Å². The number of aryl methyl sites for hydroxylation is 1. The molecule has 3 fully saturated rings. The van der Waals surface area contributed by atoms with E-state index in [9.17, 15) is 14.4 Å². The molecule has 1 saturated carbocycles. The van der Waals surface area contributed by atoms with Crippen LogP contribution < -0.4 is 0 Å². The quantitative estimate of drug-likeness (QED) is 0.510. The lowest BCUT2D eigenvalue weighted by Gasteiger charge is -2.32. The molecule has 0 aromatic heterocycles. The highest BCUT2D eigenvalue weighted by Crippen LogP contribution is 2.43. The SMILES string of the molecule is COCCCN1C(=O)C[C@](CC(=O)N2C[C@@H]3CCC[C@@H]2C3)(c2ccccc2C)C1=O. The average molecular weight is 413 g/mol. The summed E-state index contributed by atoms with van der Waals surface area (Å²) in [6.07, 6.45) is 5.24. The van der Waals surface area contributed by atoms with Crippen molar-refractivity contribution in [1.82, 2.24) is 9.80 Å². The number of amides is 3. The number of likely N-dealkylation sites (tertiary alicyclic amines) is 2. The van der Waals surface area contributed by atoms with Gasteiger partial charge in [0.15, 0.2) is 0 Å². The molecule has 2 aliphatic heterocycles. The molecule has 0 N–H and O–H groups in total. The lowest BCUT2D eigenvalue weighted by atomic mass is 9.74. The third-order valence-electron chi connectivity index (χ3n) is 7.22. The molecule has 4 rings (SSSR count). The Kier molecular flexibility index (Phi) is 5.96. The molecule has 1 aromatic carbocycles. The van der Waals surface area contributed by atoms with Gasteiger partial charge in [-0.05, 0) is 49.7 Å². The van der Waals surface area contributed by atoms with E-state index in [-0.39, 0.29) is 30.6 Å². The van der Waals surface area contributed by atoms with Gasteiger partial charge in [0, 0.05) is 45.7 Å². The van der Waals surface area contributed by atoms with Crippen LogP contribution in [0.3, 0.4) is 0 Å². The Morgan fingerprint density at radius 3 is 2.77 bits per heavy atom. The van der Waals surface area contributed by atoms with Crippen LogP contribution in [0, 0.1) is 12.8 Å². The zero-order valence-electron chi connectivity index (χ0n) is 18.1. The van der Waals surface area contributed by atoms with E-state index in [1.807, 2.05) is 36.1 Å². The summed E-state index contributed by atoms with van der Waals surface area (Å²) in [5, 5.41) is 0. The summed E-state index contributed by atoms with van der Waals surface area (Å²) in [6, 6.07) is 7.98. The molecule has 6 heteroatoms. The first-order chi connectivity index (χ1) is 14.5. The normalized spacial score (nSPS) is 28.5. The Morgan fingerprint density at radius 2 is 2.03 bits per heavy atom. The zero-order valence-corrected chi connectivity index (χ0v) is 18.1. The number of nitrogens with zero attached hydrogens (tertiary/aromatic N) is 2. The van der Waals surface area contributed by atoms with Gasteiger partial charge in [0.2, 0.25) is 17.7 Å². The lowest BCUT2D eigenvalue weighted by Crippen LogP contribution is -2.45. The molecule has 2 bridgehead atoms. The van der Waals surface area contributed by atoms with Gasteiger partial charge in [-0.25, -0.2) is 0 Å². The molecule has 1 aromatic rings. The Balaban J connectivity index is 1.64. The van der Waals surface area contributed by atoms with E-state index in [0.717, 1.165) is 30.5 Å². The Labute approximate surface area is 178 Å². The topological polar surface area (TPSA) is 66.9 Å². The predicted molar refractivity (Wildman–Crippen MR) is 113 cm³/mol. The molecule has 6 nitrogen and oxygen atoms in total. The highest BCUT2D eigenvalue weighted by molar-refractivity contribution is 6.11. The monoisotopic (exact) mass is 412 g/mol. The number of benzene rings is 1. The molecule has 2 saturated heterocycles. The highest BCUT2D eigenvalue weighted by Gasteiger charge is 2.55. The van der Waals surface area contributed by atoms with Gasteiger partial charge in [-0.2, -0.15) is 0 Å². The summed E-state index contributed by atoms with van der Waals surface area (Å²) in [5.74, 6) is 0.196. The maximum absolute atomic E-state index is 13.7. The van der Waals surface area contributed by atoms with Crippen LogP contribution in [0.15, 0.2) is 24.3 Å². The number of fused-ring (bicyclic) bond motifs is 2. The maximum atomic E-state index is 13.7. The molecule has 1 aliphatic carbocycles. The minimum Gasteiger partial charge on any atom is -0.385 e. The molecule has 3 aliphatic rings. The van der Waals surface area contributed by atoms with Crippen LogP contribution in [0.1, 0.15) is 56.1 Å². The number of methoxy groups -OCH3 is 1. The first-order valence-corrected chi connectivity index (χ1v) is 11.2. The Hall–Kier alpha value is -2.21. The molecule has 0 radical (unpaired) electrons. The van der Waals surface area contributed by atoms with Crippen LogP contribution in [0.5, 0.6) is 0 Å². The lowest BCUT2D eigenvalue weighted by molar-refractivity contribution is -0.143. The van der Waals surface area contributed by atoms with Crippen molar-refractivity contribution < 1.29 is 19.1 Å². The van der Waals surface area contributed by atoms with Crippen LogP contribution in [-0.2, 0) is 24.5 Å². The molecule has 162 valence electrons. The maximum Gasteiger partial charge on any atom is 0.240 e. The minimum absolute atomic E-state index is 0.0209. The van der Waals surface area contributed by atoms with Crippen LogP contribution in [-0.4, -0.2) is 60.4 Å². The fraction of sp³-hybridized carbons (Fsp3) is 0.625. The van der Waals surface area contributed by atoms with Crippen molar-refractivity contribution in [3.63, 3.8) is 0 Å². The number of ether oxygens (including phenoxy) is 1. The Morgan fingerprint density at radius 1 is 1.23 bits per heavy atom. The number of hydrogen-bond donors (Lipinski definition) is 0. The predicted octanol–water partition coefficient (Wildman–Crippen LogP) is 2.82. The molecule has 0 unspecified atom stereocenters. The van der Waals surface area contributed by atoms with E-state index in [1.54, 1.807) is 7.11 Å². The van der Waals surface area contributed by atoms with Crippen molar-refractivity contribution in [2.24, 2.45) is 5.92 Å². The van der Waals surface area contributed by atoms with Crippen LogP contribution in [0.2, 0.25) is 0 Å². The average Bonchev–Trinajstić information content (AvgIpc) is 3.15. The fourth-order valence-electron chi connectivity index (χ4n) is 5.75. The molecule has 3 amide bonds. The van der Waals surface area contributed by atoms with Crippen molar-refractivity contribution in [2.75, 3.05) is 26.8 Å². The van der Waals surface area contributed by atoms with Crippen molar-refractivity contribution >= 4 is 17.7 Å². The first-order valence-electron chi connectivity index (χ1n) is 11.2. The van der Waals surface area contributed by atoms with Crippen molar-refractivity contribution in [3.8, 4) is 0 Å². The van der Waals surface area contributed by atoms with Gasteiger partial charge < -0.3 is 9.64 Å². The standard InChI is InChI=1S/C24H32N2O4/c1-17-7-3-4-10-20(17)24(14-21(27)25(23(24)29)11-6-12-30-2)15-22(28)26-16-18-8-5-9-19(26)13-18/h3-4,7,10,18-19H,5-6,8-9,11-16H2,1-2H3/t18-,19-,24+/m1/s1. The van der Waals surface area contributed by atoms with E-state index in [1.165, 1.54) is 17.7 Å². The second-order valence-corrected chi connectivity index (χ2v) is 9.18. The third-order valence-corrected chi connectivity index (χ3v) is 7.22. The van der Waals surface area contributed by atoms with E-state index in [2.05, 4.69) is 0 Å². The molecule has 2 heterocycles. The van der Waals surface area contributed by atoms with E-state index >= 15 is 0 Å². The summed E-state index contributed by atoms with van der Waals surface area (Å²) in [7, 11) is 1.61. The third kappa shape index (κ3) is 3.66. The van der Waals surface area contributed by atoms with Crippen molar-refractivity contribution in [3.05, 3.63) is 35.4 Å². The summed E-state index contributed by atoms with van der Waals surface area (Å²) < 4.78 is 5.09. The van der Waals surface area contributed by atoms with Crippen LogP contribution in [0.4, 0.5) is 0 Å². The van der Waals surface area contributed by atoms with Crippen molar-refractivity contribution in [2.45, 2.75) is 63.3 Å². The van der Waals surface area contributed by atoms with Gasteiger partial charge in [-0.1, -0.05) is 30.7 Å². The largest absolute Gasteiger partial charge is 0.385 e. The van der Waals surface area contributed by atoms with E-state index < -0.39 is 5.41 Å². The summed E-state index contributed by atoms with van der Waals surface area (Å²) in [6.45, 7) is 3.58. The van der Waals surface area contributed by atoms with Gasteiger partial charge in [-0.3, -0.25) is 19.3 Å². The summed E-state index contributed by atoms with van der Waals surface area (Å²) >= 11 is 0. The number of rotatable bonds is 7. The summed E-state index contributed by atoms with van der Waals surface area (Å²) in [5.41, 5.74) is 0.668. The fourth-order valence-corrected chi connectivity index (χ4v) is 5.75. The van der Waals surface area contributed by atoms with Crippen molar-refractivity contribution in [1.29, 1.82) is 0 Å². The highest BCUT2D eigenvalue weighted by atomic mass is 16.5. The number of carbonyl (C=O) groups excluding carboxylic acids is 3. The Bertz CT molecular complexity index is 838. The smallest absolute Gasteiger partial charge is 0.240 e. The van der Waals surface area contributed by atoms with E-state index in [4.69, 9.17) is 4.74 Å². The van der Waals surface area contributed by atoms with Gasteiger partial charge in [-0.15, -0.1) is 0 Å². The minimum atomic E-state index is -1.09. The number of imide groups is 1. The van der Waals surface area contributed by atoms with Crippen LogP contribution in [0.25, 0.3) is 0 Å². The second kappa shape index (κ2) is 8.50. The van der Waals surface area contributed by atoms with Crippen LogP contribution >= 0.6 is 0 Å². The molecule has 30 heavy (non-hydrogen) atoms. The first kappa shape index (κ1) is 21.0. The second-order valence-electron chi connectivity index (χ2n) is 9.18. The molecular formula is C24H32N2O4. The number of carbonyl (C=O) groups is 3. The van der Waals surface area contributed by atoms with Gasteiger partial charge in [0.05, 0.1) is 5.41 Å². The molecule has 0 spiro atoms. The van der Waals surface area contributed by atoms with Gasteiger partial charge in [0.25, 0.3) is 0 Å². The number of hydrogen-bond acceptors (Lipinski definition) is 4. The molecular weight excluding hydrogens is 380 g/mol. The molecule has 3 atom stereocenters. The van der Waals surface area contributed by atoms with E-state index in [0.29, 0.717) is 31.5 Å².